The Labute approximate surface area is 295 Å². The number of carbonyl (C=O) groups excluding carboxylic acids is 2. The van der Waals surface area contributed by atoms with Crippen LogP contribution < -0.4 is 10.2 Å². The first-order valence-corrected chi connectivity index (χ1v) is 18.9. The number of hydrogen-bond acceptors (Lipinski definition) is 6. The SMILES string of the molecule is CCC[C@H]1CC[C@H](C2CCN(c3cnc(-c4ccc(C[C@H](NC(=O)c5ccc(C6CC6)cc5)C(=O)N5CC(C(=O)O)C5)cc4)nc3)CC2)CC1. The number of benzene rings is 2. The second-order valence-corrected chi connectivity index (χ2v) is 15.3. The number of nitrogens with one attached hydrogen (secondary N) is 1. The molecule has 0 unspecified atom stereocenters. The number of piperidine rings is 1. The number of hydrogen-bond donors (Lipinski definition) is 2. The third kappa shape index (κ3) is 8.03. The summed E-state index contributed by atoms with van der Waals surface area (Å²) in [7, 11) is 0. The summed E-state index contributed by atoms with van der Waals surface area (Å²) in [4.78, 5) is 51.5. The molecule has 2 aliphatic heterocycles. The van der Waals surface area contributed by atoms with Gasteiger partial charge in [-0.1, -0.05) is 69.0 Å². The summed E-state index contributed by atoms with van der Waals surface area (Å²) in [5.74, 6) is 1.90. The Morgan fingerprint density at radius 3 is 2.08 bits per heavy atom. The Kier molecular flexibility index (Phi) is 10.5. The van der Waals surface area contributed by atoms with Crippen molar-refractivity contribution in [1.82, 2.24) is 20.2 Å². The summed E-state index contributed by atoms with van der Waals surface area (Å²) >= 11 is 0. The van der Waals surface area contributed by atoms with Crippen LogP contribution in [0.2, 0.25) is 0 Å². The molecule has 9 heteroatoms. The molecule has 2 aromatic carbocycles. The van der Waals surface area contributed by atoms with E-state index in [1.54, 1.807) is 0 Å². The van der Waals surface area contributed by atoms with Crippen LogP contribution in [0.4, 0.5) is 5.69 Å². The lowest BCUT2D eigenvalue weighted by Crippen LogP contribution is -2.59. The molecule has 1 aromatic heterocycles. The number of anilines is 1. The van der Waals surface area contributed by atoms with Crippen LogP contribution in [0.25, 0.3) is 11.4 Å². The lowest BCUT2D eigenvalue weighted by molar-refractivity contribution is -0.153. The molecule has 2 saturated heterocycles. The van der Waals surface area contributed by atoms with Crippen LogP contribution >= 0.6 is 0 Å². The van der Waals surface area contributed by atoms with Crippen LogP contribution in [0.15, 0.2) is 60.9 Å². The summed E-state index contributed by atoms with van der Waals surface area (Å²) in [6.45, 7) is 4.74. The number of amides is 2. The molecule has 50 heavy (non-hydrogen) atoms. The number of aliphatic carboxylic acids is 1. The molecule has 0 spiro atoms. The molecule has 3 aromatic rings. The molecule has 2 saturated carbocycles. The van der Waals surface area contributed by atoms with Crippen molar-refractivity contribution in [2.45, 2.75) is 89.5 Å². The van der Waals surface area contributed by atoms with E-state index in [0.29, 0.717) is 17.3 Å². The van der Waals surface area contributed by atoms with E-state index >= 15 is 0 Å². The van der Waals surface area contributed by atoms with Crippen molar-refractivity contribution < 1.29 is 19.5 Å². The number of nitrogens with zero attached hydrogens (tertiary/aromatic N) is 4. The van der Waals surface area contributed by atoms with E-state index in [1.165, 1.54) is 74.7 Å². The molecular formula is C41H51N5O4. The van der Waals surface area contributed by atoms with Crippen molar-refractivity contribution in [2.24, 2.45) is 23.7 Å². The highest BCUT2D eigenvalue weighted by atomic mass is 16.4. The number of likely N-dealkylation sites (tertiary alicyclic amines) is 1. The third-order valence-electron chi connectivity index (χ3n) is 11.8. The Morgan fingerprint density at radius 1 is 0.840 bits per heavy atom. The minimum Gasteiger partial charge on any atom is -0.481 e. The maximum atomic E-state index is 13.5. The van der Waals surface area contributed by atoms with E-state index in [-0.39, 0.29) is 31.3 Å². The van der Waals surface area contributed by atoms with Gasteiger partial charge in [-0.2, -0.15) is 0 Å². The predicted molar refractivity (Wildman–Crippen MR) is 194 cm³/mol. The van der Waals surface area contributed by atoms with Gasteiger partial charge in [-0.25, -0.2) is 9.97 Å². The first-order valence-electron chi connectivity index (χ1n) is 18.9. The molecule has 2 aliphatic carbocycles. The highest BCUT2D eigenvalue weighted by Gasteiger charge is 2.39. The van der Waals surface area contributed by atoms with Crippen LogP contribution in [-0.4, -0.2) is 70.0 Å². The minimum absolute atomic E-state index is 0.154. The lowest BCUT2D eigenvalue weighted by atomic mass is 9.72. The van der Waals surface area contributed by atoms with E-state index in [2.05, 4.69) is 17.1 Å². The summed E-state index contributed by atoms with van der Waals surface area (Å²) in [6.07, 6.45) is 17.4. The summed E-state index contributed by atoms with van der Waals surface area (Å²) in [5.41, 5.74) is 4.58. The largest absolute Gasteiger partial charge is 0.481 e. The zero-order chi connectivity index (χ0) is 34.6. The molecule has 9 nitrogen and oxygen atoms in total. The topological polar surface area (TPSA) is 116 Å². The molecule has 4 fully saturated rings. The standard InChI is InChI=1S/C41H51N5O4/c1-2-3-27-4-8-29(9-5-27)32-18-20-45(21-19-32)36-23-42-38(43-24-36)33-10-6-28(7-11-33)22-37(40(48)46-25-35(26-46)41(49)50)44-39(47)34-16-14-31(15-17-34)30-12-13-30/h6-7,10-11,14-17,23-24,27,29-30,32,35,37H,2-5,8-9,12-13,18-22,25-26H2,1H3,(H,44,47)(H,49,50)/t27-,29-,37-/m0/s1. The fourth-order valence-electron chi connectivity index (χ4n) is 8.44. The van der Waals surface area contributed by atoms with Gasteiger partial charge in [0.1, 0.15) is 6.04 Å². The van der Waals surface area contributed by atoms with Gasteiger partial charge in [-0.15, -0.1) is 0 Å². The lowest BCUT2D eigenvalue weighted by Gasteiger charge is -2.39. The predicted octanol–water partition coefficient (Wildman–Crippen LogP) is 6.73. The fraction of sp³-hybridized carbons (Fsp3) is 0.537. The third-order valence-corrected chi connectivity index (χ3v) is 11.8. The Hall–Kier alpha value is -4.27. The molecule has 0 bridgehead atoms. The first-order chi connectivity index (χ1) is 24.3. The normalized spacial score (nSPS) is 22.1. The number of carboxylic acid groups (broad SMARTS) is 1. The monoisotopic (exact) mass is 677 g/mol. The molecule has 264 valence electrons. The number of rotatable bonds is 12. The zero-order valence-corrected chi connectivity index (χ0v) is 29.3. The van der Waals surface area contributed by atoms with Crippen LogP contribution in [0.1, 0.15) is 98.5 Å². The van der Waals surface area contributed by atoms with Gasteiger partial charge in [-0.05, 0) is 85.5 Å². The molecule has 2 N–H and O–H groups in total. The van der Waals surface area contributed by atoms with Gasteiger partial charge in [0.05, 0.1) is 24.0 Å². The van der Waals surface area contributed by atoms with E-state index in [1.807, 2.05) is 60.9 Å². The van der Waals surface area contributed by atoms with Gasteiger partial charge >= 0.3 is 5.97 Å². The molecule has 0 radical (unpaired) electrons. The minimum atomic E-state index is -0.907. The second kappa shape index (κ2) is 15.3. The van der Waals surface area contributed by atoms with Gasteiger partial charge in [-0.3, -0.25) is 14.4 Å². The summed E-state index contributed by atoms with van der Waals surface area (Å²) in [6, 6.07) is 14.6. The van der Waals surface area contributed by atoms with E-state index < -0.39 is 17.9 Å². The highest BCUT2D eigenvalue weighted by molar-refractivity contribution is 5.98. The van der Waals surface area contributed by atoms with Crippen LogP contribution in [0.3, 0.4) is 0 Å². The smallest absolute Gasteiger partial charge is 0.310 e. The van der Waals surface area contributed by atoms with Gasteiger partial charge in [0, 0.05) is 43.7 Å². The fourth-order valence-corrected chi connectivity index (χ4v) is 8.44. The summed E-state index contributed by atoms with van der Waals surface area (Å²) in [5, 5.41) is 12.3. The van der Waals surface area contributed by atoms with Crippen molar-refractivity contribution in [3.63, 3.8) is 0 Å². The highest BCUT2D eigenvalue weighted by Crippen LogP contribution is 2.41. The Bertz CT molecular complexity index is 1620. The van der Waals surface area contributed by atoms with Crippen LogP contribution in [0.5, 0.6) is 0 Å². The summed E-state index contributed by atoms with van der Waals surface area (Å²) < 4.78 is 0. The van der Waals surface area contributed by atoms with Gasteiger partial charge in [0.15, 0.2) is 5.82 Å². The van der Waals surface area contributed by atoms with Crippen LogP contribution in [0, 0.1) is 23.7 Å². The molecule has 4 aliphatic rings. The van der Waals surface area contributed by atoms with Gasteiger partial charge < -0.3 is 20.2 Å². The average Bonchev–Trinajstić information content (AvgIpc) is 3.98. The van der Waals surface area contributed by atoms with Crippen molar-refractivity contribution in [3.05, 3.63) is 77.6 Å². The Morgan fingerprint density at radius 2 is 1.48 bits per heavy atom. The van der Waals surface area contributed by atoms with E-state index in [9.17, 15) is 19.5 Å². The molecule has 7 rings (SSSR count). The average molecular weight is 678 g/mol. The first kappa shape index (κ1) is 34.2. The number of aromatic nitrogens is 2. The molecule has 1 atom stereocenters. The van der Waals surface area contributed by atoms with Gasteiger partial charge in [0.25, 0.3) is 5.91 Å². The second-order valence-electron chi connectivity index (χ2n) is 15.3. The van der Waals surface area contributed by atoms with E-state index in [4.69, 9.17) is 9.97 Å². The molecule has 3 heterocycles. The van der Waals surface area contributed by atoms with Crippen molar-refractivity contribution in [3.8, 4) is 11.4 Å². The maximum Gasteiger partial charge on any atom is 0.310 e. The quantitative estimate of drug-likeness (QED) is 0.219. The van der Waals surface area contributed by atoms with Gasteiger partial charge in [0.2, 0.25) is 5.91 Å². The number of carboxylic acids is 1. The van der Waals surface area contributed by atoms with E-state index in [0.717, 1.165) is 47.7 Å². The van der Waals surface area contributed by atoms with Crippen molar-refractivity contribution in [2.75, 3.05) is 31.1 Å². The zero-order valence-electron chi connectivity index (χ0n) is 29.3. The molecular weight excluding hydrogens is 626 g/mol. The van der Waals surface area contributed by atoms with Crippen molar-refractivity contribution >= 4 is 23.5 Å². The van der Waals surface area contributed by atoms with Crippen molar-refractivity contribution in [1.29, 1.82) is 0 Å². The Balaban J connectivity index is 0.952. The maximum absolute atomic E-state index is 13.5. The number of carbonyl (C=O) groups is 3. The molecule has 2 amide bonds. The van der Waals surface area contributed by atoms with Crippen LogP contribution in [-0.2, 0) is 16.0 Å².